The first-order valence-electron chi connectivity index (χ1n) is 5.55. The van der Waals surface area contributed by atoms with Gasteiger partial charge in [-0.25, -0.2) is 13.2 Å². The zero-order valence-corrected chi connectivity index (χ0v) is 9.59. The highest BCUT2D eigenvalue weighted by atomic mass is 19.1. The van der Waals surface area contributed by atoms with Crippen LogP contribution in [0.4, 0.5) is 13.2 Å². The molecule has 0 amide bonds. The highest BCUT2D eigenvalue weighted by molar-refractivity contribution is 5.20. The minimum absolute atomic E-state index is 0.0207. The van der Waals surface area contributed by atoms with Crippen LogP contribution in [0, 0.1) is 17.5 Å². The van der Waals surface area contributed by atoms with Gasteiger partial charge >= 0.3 is 0 Å². The summed E-state index contributed by atoms with van der Waals surface area (Å²) in [6, 6.07) is 9.98. The molecule has 1 nitrogen and oxygen atoms in total. The molecular weight excluding hydrogens is 239 g/mol. The molecule has 0 saturated carbocycles. The van der Waals surface area contributed by atoms with Crippen molar-refractivity contribution in [2.75, 3.05) is 0 Å². The normalized spacial score (nSPS) is 10.6. The van der Waals surface area contributed by atoms with E-state index in [0.717, 1.165) is 0 Å². The summed E-state index contributed by atoms with van der Waals surface area (Å²) in [7, 11) is 0. The molecule has 0 heterocycles. The second kappa shape index (κ2) is 5.69. The van der Waals surface area contributed by atoms with Gasteiger partial charge in [-0.15, -0.1) is 0 Å². The first-order chi connectivity index (χ1) is 8.68. The van der Waals surface area contributed by atoms with Gasteiger partial charge in [0.15, 0.2) is 0 Å². The van der Waals surface area contributed by atoms with Crippen molar-refractivity contribution < 1.29 is 13.2 Å². The second-order valence-electron chi connectivity index (χ2n) is 3.90. The third-order valence-electron chi connectivity index (χ3n) is 2.64. The summed E-state index contributed by atoms with van der Waals surface area (Å²) < 4.78 is 39.9. The zero-order chi connectivity index (χ0) is 13.0. The van der Waals surface area contributed by atoms with E-state index in [1.54, 1.807) is 18.2 Å². The number of halogens is 3. The smallest absolute Gasteiger partial charge is 0.130 e. The van der Waals surface area contributed by atoms with Gasteiger partial charge in [-0.3, -0.25) is 0 Å². The fraction of sp³-hybridized carbons (Fsp3) is 0.143. The molecule has 0 unspecified atom stereocenters. The summed E-state index contributed by atoms with van der Waals surface area (Å²) in [5.41, 5.74) is 0.433. The Morgan fingerprint density at radius 2 is 1.33 bits per heavy atom. The van der Waals surface area contributed by atoms with E-state index in [-0.39, 0.29) is 24.5 Å². The van der Waals surface area contributed by atoms with Gasteiger partial charge in [0, 0.05) is 24.2 Å². The van der Waals surface area contributed by atoms with E-state index in [2.05, 4.69) is 5.32 Å². The summed E-state index contributed by atoms with van der Waals surface area (Å²) in [6.07, 6.45) is 0. The minimum atomic E-state index is -0.601. The standard InChI is InChI=1S/C14H12F3N/c15-12-5-2-1-4-10(12)8-18-9-11-13(16)6-3-7-14(11)17/h1-7,18H,8-9H2. The van der Waals surface area contributed by atoms with Crippen LogP contribution in [0.3, 0.4) is 0 Å². The van der Waals surface area contributed by atoms with Crippen molar-refractivity contribution in [1.82, 2.24) is 5.32 Å². The molecule has 0 aliphatic carbocycles. The van der Waals surface area contributed by atoms with Crippen LogP contribution in [0.25, 0.3) is 0 Å². The maximum atomic E-state index is 13.3. The van der Waals surface area contributed by atoms with Gasteiger partial charge in [-0.05, 0) is 18.2 Å². The maximum absolute atomic E-state index is 13.3. The Hall–Kier alpha value is -1.81. The molecule has 0 aliphatic heterocycles. The van der Waals surface area contributed by atoms with Crippen molar-refractivity contribution in [2.24, 2.45) is 0 Å². The van der Waals surface area contributed by atoms with Gasteiger partial charge < -0.3 is 5.32 Å². The van der Waals surface area contributed by atoms with Crippen LogP contribution in [0.15, 0.2) is 42.5 Å². The molecule has 0 fully saturated rings. The number of hydrogen-bond donors (Lipinski definition) is 1. The largest absolute Gasteiger partial charge is 0.308 e. The topological polar surface area (TPSA) is 12.0 Å². The highest BCUT2D eigenvalue weighted by Crippen LogP contribution is 2.12. The molecule has 94 valence electrons. The molecule has 0 saturated heterocycles. The Balaban J connectivity index is 1.99. The quantitative estimate of drug-likeness (QED) is 0.878. The fourth-order valence-electron chi connectivity index (χ4n) is 1.67. The predicted octanol–water partition coefficient (Wildman–Crippen LogP) is 3.39. The molecule has 0 atom stereocenters. The van der Waals surface area contributed by atoms with Crippen LogP contribution in [0.5, 0.6) is 0 Å². The molecule has 0 aliphatic rings. The van der Waals surface area contributed by atoms with Gasteiger partial charge in [0.25, 0.3) is 0 Å². The molecule has 0 bridgehead atoms. The second-order valence-corrected chi connectivity index (χ2v) is 3.90. The predicted molar refractivity (Wildman–Crippen MR) is 63.3 cm³/mol. The lowest BCUT2D eigenvalue weighted by Crippen LogP contribution is -2.15. The van der Waals surface area contributed by atoms with E-state index in [4.69, 9.17) is 0 Å². The molecule has 2 aromatic rings. The average Bonchev–Trinajstić information content (AvgIpc) is 2.35. The molecule has 18 heavy (non-hydrogen) atoms. The van der Waals surface area contributed by atoms with Crippen LogP contribution < -0.4 is 5.32 Å². The summed E-state index contributed by atoms with van der Waals surface area (Å²) in [6.45, 7) is 0.243. The van der Waals surface area contributed by atoms with E-state index < -0.39 is 11.6 Å². The van der Waals surface area contributed by atoms with Gasteiger partial charge in [0.2, 0.25) is 0 Å². The summed E-state index contributed by atoms with van der Waals surface area (Å²) in [5, 5.41) is 2.82. The van der Waals surface area contributed by atoms with Crippen molar-refractivity contribution >= 4 is 0 Å². The Morgan fingerprint density at radius 3 is 2.00 bits per heavy atom. The first kappa shape index (κ1) is 12.6. The Bertz CT molecular complexity index is 520. The van der Waals surface area contributed by atoms with Crippen molar-refractivity contribution in [2.45, 2.75) is 13.1 Å². The van der Waals surface area contributed by atoms with Crippen molar-refractivity contribution in [3.8, 4) is 0 Å². The van der Waals surface area contributed by atoms with E-state index in [1.165, 1.54) is 24.3 Å². The lowest BCUT2D eigenvalue weighted by Gasteiger charge is -2.07. The molecular formula is C14H12F3N. The molecule has 2 aromatic carbocycles. The fourth-order valence-corrected chi connectivity index (χ4v) is 1.67. The molecule has 0 aromatic heterocycles. The Morgan fingerprint density at radius 1 is 0.722 bits per heavy atom. The van der Waals surface area contributed by atoms with Gasteiger partial charge in [-0.1, -0.05) is 24.3 Å². The average molecular weight is 251 g/mol. The first-order valence-corrected chi connectivity index (χ1v) is 5.55. The van der Waals surface area contributed by atoms with Gasteiger partial charge in [-0.2, -0.15) is 0 Å². The zero-order valence-electron chi connectivity index (χ0n) is 9.59. The lowest BCUT2D eigenvalue weighted by atomic mass is 10.1. The SMILES string of the molecule is Fc1ccccc1CNCc1c(F)cccc1F. The van der Waals surface area contributed by atoms with Crippen LogP contribution >= 0.6 is 0 Å². The van der Waals surface area contributed by atoms with Crippen molar-refractivity contribution in [1.29, 1.82) is 0 Å². The van der Waals surface area contributed by atoms with Crippen molar-refractivity contribution in [3.63, 3.8) is 0 Å². The molecule has 0 spiro atoms. The van der Waals surface area contributed by atoms with Crippen LogP contribution in [-0.2, 0) is 13.1 Å². The summed E-state index contributed by atoms with van der Waals surface area (Å²) in [4.78, 5) is 0. The van der Waals surface area contributed by atoms with Gasteiger partial charge in [0.05, 0.1) is 0 Å². The lowest BCUT2D eigenvalue weighted by molar-refractivity contribution is 0.530. The number of hydrogen-bond acceptors (Lipinski definition) is 1. The van der Waals surface area contributed by atoms with E-state index in [0.29, 0.717) is 5.56 Å². The number of benzene rings is 2. The third-order valence-corrected chi connectivity index (χ3v) is 2.64. The van der Waals surface area contributed by atoms with Gasteiger partial charge in [0.1, 0.15) is 17.5 Å². The Kier molecular flexibility index (Phi) is 3.99. The summed E-state index contributed by atoms with van der Waals surface area (Å²) >= 11 is 0. The number of nitrogens with one attached hydrogen (secondary N) is 1. The summed E-state index contributed by atoms with van der Waals surface area (Å²) in [5.74, 6) is -1.54. The molecule has 4 heteroatoms. The maximum Gasteiger partial charge on any atom is 0.130 e. The van der Waals surface area contributed by atoms with Crippen LogP contribution in [0.1, 0.15) is 11.1 Å². The molecule has 1 N–H and O–H groups in total. The van der Waals surface area contributed by atoms with Crippen molar-refractivity contribution in [3.05, 3.63) is 71.0 Å². The van der Waals surface area contributed by atoms with E-state index >= 15 is 0 Å². The Labute approximate surface area is 103 Å². The number of rotatable bonds is 4. The minimum Gasteiger partial charge on any atom is -0.308 e. The van der Waals surface area contributed by atoms with Crippen LogP contribution in [-0.4, -0.2) is 0 Å². The third kappa shape index (κ3) is 2.90. The monoisotopic (exact) mass is 251 g/mol. The molecule has 0 radical (unpaired) electrons. The van der Waals surface area contributed by atoms with E-state index in [1.807, 2.05) is 0 Å². The van der Waals surface area contributed by atoms with Crippen LogP contribution in [0.2, 0.25) is 0 Å². The molecule has 2 rings (SSSR count). The van der Waals surface area contributed by atoms with E-state index in [9.17, 15) is 13.2 Å². The highest BCUT2D eigenvalue weighted by Gasteiger charge is 2.08.